The van der Waals surface area contributed by atoms with Crippen molar-refractivity contribution in [3.05, 3.63) is 47.2 Å². The number of nitrogens with zero attached hydrogens (tertiary/aromatic N) is 5. The first kappa shape index (κ1) is 22.5. The SMILES string of the molecule is CC(=O)N1CCN(Cc2ncc(-c3cc(C)cc(N4C=CC(C(F)(F)F)=NC4)c3)s2)CC1. The molecule has 3 heterocycles. The van der Waals surface area contributed by atoms with Gasteiger partial charge in [0.15, 0.2) is 0 Å². The number of carbonyl (C=O) groups is 1. The number of thiazole rings is 1. The summed E-state index contributed by atoms with van der Waals surface area (Å²) in [6.45, 7) is 7.33. The van der Waals surface area contributed by atoms with Gasteiger partial charge in [-0.25, -0.2) is 4.98 Å². The number of hydrogen-bond acceptors (Lipinski definition) is 6. The summed E-state index contributed by atoms with van der Waals surface area (Å²) >= 11 is 1.61. The van der Waals surface area contributed by atoms with Crippen LogP contribution < -0.4 is 4.90 Å². The summed E-state index contributed by atoms with van der Waals surface area (Å²) in [5.41, 5.74) is 1.91. The standard InChI is InChI=1S/C22H24F3N5OS/c1-15-9-17(11-18(10-15)30-4-3-20(27-14-30)22(23,24)25)19-12-26-21(32-19)13-28-5-7-29(8-6-28)16(2)31/h3-4,9-12H,5-8,13-14H2,1-2H3. The Labute approximate surface area is 188 Å². The van der Waals surface area contributed by atoms with Crippen LogP contribution in [0.25, 0.3) is 10.4 Å². The van der Waals surface area contributed by atoms with Gasteiger partial charge in [0, 0.05) is 51.2 Å². The molecule has 2 aliphatic rings. The van der Waals surface area contributed by atoms with Crippen LogP contribution in [0.15, 0.2) is 41.7 Å². The molecule has 6 nitrogen and oxygen atoms in total. The number of rotatable bonds is 4. The molecule has 0 unspecified atom stereocenters. The largest absolute Gasteiger partial charge is 0.433 e. The van der Waals surface area contributed by atoms with Crippen molar-refractivity contribution in [2.45, 2.75) is 26.6 Å². The highest BCUT2D eigenvalue weighted by Crippen LogP contribution is 2.32. The third-order valence-electron chi connectivity index (χ3n) is 5.50. The predicted octanol–water partition coefficient (Wildman–Crippen LogP) is 4.08. The Morgan fingerprint density at radius 1 is 1.16 bits per heavy atom. The van der Waals surface area contributed by atoms with Crippen molar-refractivity contribution in [3.8, 4) is 10.4 Å². The van der Waals surface area contributed by atoms with E-state index in [1.807, 2.05) is 36.2 Å². The molecule has 0 saturated carbocycles. The molecule has 170 valence electrons. The van der Waals surface area contributed by atoms with Crippen LogP contribution in [0.2, 0.25) is 0 Å². The van der Waals surface area contributed by atoms with Crippen molar-refractivity contribution in [2.24, 2.45) is 4.99 Å². The molecule has 2 aliphatic heterocycles. The van der Waals surface area contributed by atoms with E-state index >= 15 is 0 Å². The molecule has 0 atom stereocenters. The maximum absolute atomic E-state index is 12.8. The summed E-state index contributed by atoms with van der Waals surface area (Å²) in [6.07, 6.45) is -0.163. The minimum Gasteiger partial charge on any atom is -0.340 e. The van der Waals surface area contributed by atoms with Gasteiger partial charge in [-0.1, -0.05) is 6.07 Å². The van der Waals surface area contributed by atoms with E-state index in [0.717, 1.165) is 65.5 Å². The number of benzene rings is 1. The van der Waals surface area contributed by atoms with Gasteiger partial charge in [0.05, 0.1) is 11.4 Å². The average molecular weight is 464 g/mol. The first-order valence-corrected chi connectivity index (χ1v) is 11.1. The second kappa shape index (κ2) is 9.03. The summed E-state index contributed by atoms with van der Waals surface area (Å²) < 4.78 is 38.5. The molecule has 1 aromatic heterocycles. The van der Waals surface area contributed by atoms with E-state index in [9.17, 15) is 18.0 Å². The number of aromatic nitrogens is 1. The number of carbonyl (C=O) groups excluding carboxylic acids is 1. The highest BCUT2D eigenvalue weighted by Gasteiger charge is 2.35. The van der Waals surface area contributed by atoms with Crippen molar-refractivity contribution in [2.75, 3.05) is 37.7 Å². The van der Waals surface area contributed by atoms with Gasteiger partial charge >= 0.3 is 6.18 Å². The topological polar surface area (TPSA) is 52.0 Å². The van der Waals surface area contributed by atoms with E-state index < -0.39 is 11.9 Å². The molecule has 0 radical (unpaired) electrons. The Balaban J connectivity index is 1.45. The predicted molar refractivity (Wildman–Crippen MR) is 120 cm³/mol. The number of hydrogen-bond donors (Lipinski definition) is 0. The molecule has 1 fully saturated rings. The molecule has 1 saturated heterocycles. The molecule has 32 heavy (non-hydrogen) atoms. The molecule has 1 amide bonds. The van der Waals surface area contributed by atoms with Crippen LogP contribution in [0, 0.1) is 6.92 Å². The van der Waals surface area contributed by atoms with Gasteiger partial charge in [-0.2, -0.15) is 13.2 Å². The van der Waals surface area contributed by atoms with Crippen LogP contribution in [0.3, 0.4) is 0 Å². The summed E-state index contributed by atoms with van der Waals surface area (Å²) in [6, 6.07) is 5.93. The van der Waals surface area contributed by atoms with Crippen LogP contribution in [-0.4, -0.2) is 65.4 Å². The zero-order chi connectivity index (χ0) is 22.9. The normalized spacial score (nSPS) is 17.6. The quantitative estimate of drug-likeness (QED) is 0.686. The monoisotopic (exact) mass is 463 g/mol. The summed E-state index contributed by atoms with van der Waals surface area (Å²) in [5, 5.41) is 0.997. The number of alkyl halides is 3. The molecule has 0 bridgehead atoms. The first-order valence-electron chi connectivity index (χ1n) is 10.3. The van der Waals surface area contributed by atoms with Crippen molar-refractivity contribution < 1.29 is 18.0 Å². The van der Waals surface area contributed by atoms with Crippen molar-refractivity contribution in [3.63, 3.8) is 0 Å². The summed E-state index contributed by atoms with van der Waals surface area (Å²) in [4.78, 5) is 26.6. The Morgan fingerprint density at radius 2 is 1.91 bits per heavy atom. The Hall–Kier alpha value is -2.72. The van der Waals surface area contributed by atoms with E-state index in [0.29, 0.717) is 0 Å². The number of anilines is 1. The molecule has 2 aromatic rings. The van der Waals surface area contributed by atoms with Gasteiger partial charge in [-0.3, -0.25) is 14.7 Å². The number of aliphatic imine (C=N–C) groups is 1. The Bertz CT molecular complexity index is 1050. The van der Waals surface area contributed by atoms with E-state index in [1.54, 1.807) is 23.2 Å². The molecule has 0 spiro atoms. The summed E-state index contributed by atoms with van der Waals surface area (Å²) in [5.74, 6) is 0.111. The van der Waals surface area contributed by atoms with E-state index in [2.05, 4.69) is 14.9 Å². The van der Waals surface area contributed by atoms with E-state index in [4.69, 9.17) is 0 Å². The molecule has 0 aliphatic carbocycles. The molecular formula is C22H24F3N5OS. The van der Waals surface area contributed by atoms with E-state index in [1.165, 1.54) is 6.20 Å². The Morgan fingerprint density at radius 3 is 2.53 bits per heavy atom. The van der Waals surface area contributed by atoms with Crippen molar-refractivity contribution >= 4 is 28.6 Å². The van der Waals surface area contributed by atoms with Crippen LogP contribution in [-0.2, 0) is 11.3 Å². The minimum absolute atomic E-state index is 0.0750. The number of halogens is 3. The second-order valence-electron chi connectivity index (χ2n) is 7.93. The Kier molecular flexibility index (Phi) is 6.34. The van der Waals surface area contributed by atoms with Gasteiger partial charge in [-0.15, -0.1) is 11.3 Å². The zero-order valence-corrected chi connectivity index (χ0v) is 18.7. The van der Waals surface area contributed by atoms with Crippen LogP contribution >= 0.6 is 11.3 Å². The average Bonchev–Trinajstić information content (AvgIpc) is 3.22. The van der Waals surface area contributed by atoms with E-state index in [-0.39, 0.29) is 12.6 Å². The molecular weight excluding hydrogens is 439 g/mol. The van der Waals surface area contributed by atoms with Crippen LogP contribution in [0.4, 0.5) is 18.9 Å². The highest BCUT2D eigenvalue weighted by molar-refractivity contribution is 7.15. The van der Waals surface area contributed by atoms with Crippen molar-refractivity contribution in [1.29, 1.82) is 0 Å². The number of aryl methyl sites for hydroxylation is 1. The number of allylic oxidation sites excluding steroid dienone is 1. The molecule has 4 rings (SSSR count). The van der Waals surface area contributed by atoms with Crippen molar-refractivity contribution in [1.82, 2.24) is 14.8 Å². The fraction of sp³-hybridized carbons (Fsp3) is 0.409. The third-order valence-corrected chi connectivity index (χ3v) is 6.54. The second-order valence-corrected chi connectivity index (χ2v) is 9.04. The third kappa shape index (κ3) is 5.18. The lowest BCUT2D eigenvalue weighted by Crippen LogP contribution is -2.47. The number of piperazine rings is 1. The summed E-state index contributed by atoms with van der Waals surface area (Å²) in [7, 11) is 0. The van der Waals surface area contributed by atoms with Gasteiger partial charge in [0.2, 0.25) is 5.91 Å². The molecule has 0 N–H and O–H groups in total. The number of amides is 1. The lowest BCUT2D eigenvalue weighted by molar-refractivity contribution is -0.130. The van der Waals surface area contributed by atoms with Gasteiger partial charge in [0.1, 0.15) is 17.4 Å². The van der Waals surface area contributed by atoms with Gasteiger partial charge < -0.3 is 9.80 Å². The molecule has 1 aromatic carbocycles. The smallest absolute Gasteiger partial charge is 0.340 e. The van der Waals surface area contributed by atoms with Crippen LogP contribution in [0.1, 0.15) is 17.5 Å². The lowest BCUT2D eigenvalue weighted by Gasteiger charge is -2.33. The fourth-order valence-electron chi connectivity index (χ4n) is 3.76. The van der Waals surface area contributed by atoms with Crippen LogP contribution in [0.5, 0.6) is 0 Å². The fourth-order valence-corrected chi connectivity index (χ4v) is 4.71. The minimum atomic E-state index is -4.43. The molecule has 10 heteroatoms. The van der Waals surface area contributed by atoms with Gasteiger partial charge in [-0.05, 0) is 36.3 Å². The maximum atomic E-state index is 12.8. The maximum Gasteiger partial charge on any atom is 0.433 e. The zero-order valence-electron chi connectivity index (χ0n) is 17.9. The first-order chi connectivity index (χ1) is 15.2. The lowest BCUT2D eigenvalue weighted by atomic mass is 10.1. The highest BCUT2D eigenvalue weighted by atomic mass is 32.1. The van der Waals surface area contributed by atoms with Gasteiger partial charge in [0.25, 0.3) is 0 Å².